The third-order valence-electron chi connectivity index (χ3n) is 6.51. The van der Waals surface area contributed by atoms with E-state index in [-0.39, 0.29) is 62.2 Å². The number of unbranched alkanes of at least 4 members (excludes halogenated alkanes) is 1. The number of hydrogen-bond acceptors (Lipinski definition) is 4. The number of aryl methyl sites for hydroxylation is 1. The molecule has 6 nitrogen and oxygen atoms in total. The number of alkyl halides is 3. The van der Waals surface area contributed by atoms with Gasteiger partial charge in [-0.3, -0.25) is 4.79 Å². The SMILES string of the molecule is [CH2-]CC(=O)N(C[CH2-])CCCNC(=C\CCC)/C(=C\N=C(C)Nc1ccc(C2=CCOCC2)cc1CC)C(F)(F)F.[U+2]. The maximum absolute atomic E-state index is 14.1. The number of anilines is 1. The van der Waals surface area contributed by atoms with Gasteiger partial charge in [-0.25, -0.2) is 4.99 Å². The van der Waals surface area contributed by atoms with Crippen LogP contribution in [0.25, 0.3) is 5.57 Å². The average Bonchev–Trinajstić information content (AvgIpc) is 2.95. The number of nitrogens with one attached hydrogen (secondary N) is 2. The van der Waals surface area contributed by atoms with Crippen molar-refractivity contribution in [1.82, 2.24) is 10.2 Å². The molecule has 1 amide bonds. The second-order valence-electron chi connectivity index (χ2n) is 9.48. The van der Waals surface area contributed by atoms with Crippen LogP contribution in [0, 0.1) is 45.0 Å². The summed E-state index contributed by atoms with van der Waals surface area (Å²) in [5, 5.41) is 6.09. The summed E-state index contributed by atoms with van der Waals surface area (Å²) >= 11 is 0. The van der Waals surface area contributed by atoms with Crippen molar-refractivity contribution in [2.75, 3.05) is 38.2 Å². The molecule has 1 aromatic carbocycles. The molecule has 0 saturated carbocycles. The molecular formula is C31H43F3N4O2U. The zero-order chi connectivity index (χ0) is 29.5. The summed E-state index contributed by atoms with van der Waals surface area (Å²) in [6, 6.07) is 6.07. The topological polar surface area (TPSA) is 66.0 Å². The largest absolute Gasteiger partial charge is 2.00 e. The Balaban J connectivity index is 0.00000840. The Hall–Kier alpha value is -2.02. The van der Waals surface area contributed by atoms with Crippen molar-refractivity contribution in [2.24, 2.45) is 4.99 Å². The van der Waals surface area contributed by atoms with Crippen LogP contribution < -0.4 is 10.6 Å². The summed E-state index contributed by atoms with van der Waals surface area (Å²) < 4.78 is 47.8. The Labute approximate surface area is 267 Å². The van der Waals surface area contributed by atoms with E-state index in [0.717, 1.165) is 35.9 Å². The maximum atomic E-state index is 14.1. The van der Waals surface area contributed by atoms with Gasteiger partial charge in [0.15, 0.2) is 5.91 Å². The van der Waals surface area contributed by atoms with Gasteiger partial charge in [-0.2, -0.15) is 13.2 Å². The average molecular weight is 799 g/mol. The van der Waals surface area contributed by atoms with Crippen molar-refractivity contribution in [2.45, 2.75) is 65.5 Å². The minimum Gasteiger partial charge on any atom is -0.385 e. The Morgan fingerprint density at radius 2 is 2.00 bits per heavy atom. The molecule has 0 aromatic heterocycles. The second-order valence-corrected chi connectivity index (χ2v) is 9.48. The Bertz CT molecular complexity index is 1100. The third kappa shape index (κ3) is 12.4. The molecule has 0 saturated heterocycles. The Morgan fingerprint density at radius 1 is 1.24 bits per heavy atom. The molecule has 41 heavy (non-hydrogen) atoms. The standard InChI is InChI=1S/C31H43F3N4O2.U/c1-6-10-12-29(35-17-11-18-38(9-4)30(39)8-3)27(31(32,33)34)22-36-23(5)37-28-14-13-26(21-24(28)7-2)25-15-19-40-20-16-25;/h12-15,21-22,35H,3-4,6-11,16-20H2,1-2,5H3,(H,36,37);/q-2;+2/b27-22+,29-12-;. The summed E-state index contributed by atoms with van der Waals surface area (Å²) in [6.07, 6.45) is 3.29. The van der Waals surface area contributed by atoms with Gasteiger partial charge in [-0.05, 0) is 61.4 Å². The molecule has 1 aliphatic rings. The van der Waals surface area contributed by atoms with Gasteiger partial charge in [0.2, 0.25) is 0 Å². The van der Waals surface area contributed by atoms with Crippen molar-refractivity contribution >= 4 is 23.0 Å². The molecule has 0 bridgehead atoms. The molecule has 0 atom stereocenters. The Morgan fingerprint density at radius 3 is 2.59 bits per heavy atom. The zero-order valence-electron chi connectivity index (χ0n) is 24.5. The number of amides is 1. The fraction of sp³-hybridized carbons (Fsp3) is 0.484. The van der Waals surface area contributed by atoms with Gasteiger partial charge in [0.1, 0.15) is 5.84 Å². The molecule has 0 aliphatic carbocycles. The van der Waals surface area contributed by atoms with Crippen LogP contribution in [0.5, 0.6) is 0 Å². The van der Waals surface area contributed by atoms with Crippen LogP contribution in [0.15, 0.2) is 52.8 Å². The van der Waals surface area contributed by atoms with Gasteiger partial charge in [0, 0.05) is 30.7 Å². The normalized spacial score (nSPS) is 14.7. The number of ether oxygens (including phenoxy) is 1. The molecule has 0 spiro atoms. The molecule has 0 fully saturated rings. The van der Waals surface area contributed by atoms with Crippen LogP contribution in [0.1, 0.15) is 64.0 Å². The first-order chi connectivity index (χ1) is 19.1. The zero-order valence-corrected chi connectivity index (χ0v) is 28.7. The molecule has 0 unspecified atom stereocenters. The number of benzene rings is 1. The van der Waals surface area contributed by atoms with E-state index in [4.69, 9.17) is 4.74 Å². The number of nitrogens with zero attached hydrogens (tertiary/aromatic N) is 2. The summed E-state index contributed by atoms with van der Waals surface area (Å²) in [4.78, 5) is 17.6. The summed E-state index contributed by atoms with van der Waals surface area (Å²) in [5.74, 6) is 0.216. The number of allylic oxidation sites excluding steroid dienone is 2. The first-order valence-electron chi connectivity index (χ1n) is 13.9. The number of carbonyl (C=O) groups is 1. The molecular weight excluding hydrogens is 755 g/mol. The summed E-state index contributed by atoms with van der Waals surface area (Å²) in [6.45, 7) is 15.2. The number of aliphatic imine (C=N–C) groups is 1. The van der Waals surface area contributed by atoms with E-state index in [9.17, 15) is 18.0 Å². The first kappa shape index (κ1) is 37.0. The summed E-state index contributed by atoms with van der Waals surface area (Å²) in [7, 11) is 0. The molecule has 0 radical (unpaired) electrons. The number of carbonyl (C=O) groups excluding carboxylic acids is 1. The maximum Gasteiger partial charge on any atom is 2.00 e. The molecule has 1 heterocycles. The number of amidine groups is 1. The minimum atomic E-state index is -4.60. The minimum absolute atomic E-state index is 0. The van der Waals surface area contributed by atoms with Crippen LogP contribution in [0.3, 0.4) is 0 Å². The number of hydrogen-bond donors (Lipinski definition) is 2. The Kier molecular flexibility index (Phi) is 17.4. The first-order valence-corrected chi connectivity index (χ1v) is 13.9. The quantitative estimate of drug-likeness (QED) is 0.0709. The van der Waals surface area contributed by atoms with Crippen LogP contribution in [-0.2, 0) is 16.0 Å². The predicted octanol–water partition coefficient (Wildman–Crippen LogP) is 6.88. The van der Waals surface area contributed by atoms with E-state index in [1.165, 1.54) is 5.57 Å². The van der Waals surface area contributed by atoms with Gasteiger partial charge in [-0.15, -0.1) is 13.0 Å². The van der Waals surface area contributed by atoms with Gasteiger partial charge >= 0.3 is 37.3 Å². The molecule has 224 valence electrons. The van der Waals surface area contributed by atoms with Gasteiger partial charge in [-0.1, -0.05) is 38.5 Å². The van der Waals surface area contributed by atoms with E-state index >= 15 is 0 Å². The van der Waals surface area contributed by atoms with E-state index in [1.54, 1.807) is 17.9 Å². The van der Waals surface area contributed by atoms with Gasteiger partial charge in [0.25, 0.3) is 0 Å². The van der Waals surface area contributed by atoms with Crippen LogP contribution >= 0.6 is 0 Å². The van der Waals surface area contributed by atoms with Crippen LogP contribution in [0.4, 0.5) is 18.9 Å². The van der Waals surface area contributed by atoms with E-state index < -0.39 is 11.7 Å². The fourth-order valence-corrected chi connectivity index (χ4v) is 4.26. The predicted molar refractivity (Wildman–Crippen MR) is 158 cm³/mol. The van der Waals surface area contributed by atoms with Crippen LogP contribution in [0.2, 0.25) is 0 Å². The number of rotatable bonds is 14. The third-order valence-corrected chi connectivity index (χ3v) is 6.51. The number of halogens is 3. The smallest absolute Gasteiger partial charge is 0.385 e. The summed E-state index contributed by atoms with van der Waals surface area (Å²) in [5.41, 5.74) is 3.38. The van der Waals surface area contributed by atoms with Gasteiger partial charge < -0.3 is 34.1 Å². The second kappa shape index (κ2) is 19.2. The van der Waals surface area contributed by atoms with Gasteiger partial charge in [0.05, 0.1) is 18.8 Å². The van der Waals surface area contributed by atoms with Crippen molar-refractivity contribution in [3.8, 4) is 0 Å². The molecule has 1 aromatic rings. The molecule has 1 aliphatic heterocycles. The van der Waals surface area contributed by atoms with E-state index in [2.05, 4.69) is 41.6 Å². The van der Waals surface area contributed by atoms with Crippen molar-refractivity contribution < 1.29 is 53.8 Å². The molecule has 2 N–H and O–H groups in total. The van der Waals surface area contributed by atoms with E-state index in [1.807, 2.05) is 26.0 Å². The fourth-order valence-electron chi connectivity index (χ4n) is 4.26. The van der Waals surface area contributed by atoms with Crippen LogP contribution in [-0.4, -0.2) is 55.7 Å². The monoisotopic (exact) mass is 798 g/mol. The van der Waals surface area contributed by atoms with Crippen molar-refractivity contribution in [3.63, 3.8) is 0 Å². The molecule has 10 heteroatoms. The van der Waals surface area contributed by atoms with Crippen molar-refractivity contribution in [1.29, 1.82) is 0 Å². The van der Waals surface area contributed by atoms with E-state index in [0.29, 0.717) is 44.9 Å². The van der Waals surface area contributed by atoms with Crippen molar-refractivity contribution in [3.05, 3.63) is 72.8 Å². The molecule has 2 rings (SSSR count).